The standard InChI is InChI=1S/C21H29F6N3O3/c1-18(2,3)33-17(31)30(28-4)16-9-11-29(12-10-16)13-14-5-7-15(8-6-14)19(32,20(22,23)24)21(25,26)27/h5-8,16,28,32H,9-13H2,1-4H3. The van der Waals surface area contributed by atoms with E-state index in [1.807, 2.05) is 4.90 Å². The molecule has 0 bridgehead atoms. The molecule has 0 spiro atoms. The highest BCUT2D eigenvalue weighted by molar-refractivity contribution is 5.68. The van der Waals surface area contributed by atoms with Gasteiger partial charge in [-0.15, -0.1) is 0 Å². The van der Waals surface area contributed by atoms with E-state index in [0.29, 0.717) is 50.2 Å². The highest BCUT2D eigenvalue weighted by Gasteiger charge is 2.71. The summed E-state index contributed by atoms with van der Waals surface area (Å²) in [6.45, 7) is 6.70. The van der Waals surface area contributed by atoms with Crippen LogP contribution in [0.4, 0.5) is 31.1 Å². The van der Waals surface area contributed by atoms with Crippen LogP contribution in [0.3, 0.4) is 0 Å². The Balaban J connectivity index is 2.02. The number of carbonyl (C=O) groups is 1. The normalized spacial score (nSPS) is 17.2. The fourth-order valence-electron chi connectivity index (χ4n) is 3.67. The van der Waals surface area contributed by atoms with Gasteiger partial charge in [-0.25, -0.2) is 15.2 Å². The zero-order valence-electron chi connectivity index (χ0n) is 18.8. The molecular weight excluding hydrogens is 456 g/mol. The van der Waals surface area contributed by atoms with Crippen molar-refractivity contribution in [2.24, 2.45) is 0 Å². The second-order valence-electron chi connectivity index (χ2n) is 8.98. The number of aliphatic hydroxyl groups is 1. The lowest BCUT2D eigenvalue weighted by atomic mass is 9.91. The molecule has 1 aromatic carbocycles. The van der Waals surface area contributed by atoms with E-state index in [2.05, 4.69) is 5.43 Å². The first kappa shape index (κ1) is 27.2. The van der Waals surface area contributed by atoms with Gasteiger partial charge in [-0.2, -0.15) is 26.3 Å². The molecule has 1 amide bonds. The van der Waals surface area contributed by atoms with E-state index >= 15 is 0 Å². The Bertz CT molecular complexity index is 783. The fourth-order valence-corrected chi connectivity index (χ4v) is 3.67. The van der Waals surface area contributed by atoms with Crippen LogP contribution in [-0.2, 0) is 16.9 Å². The minimum atomic E-state index is -5.91. The van der Waals surface area contributed by atoms with Crippen molar-refractivity contribution in [3.8, 4) is 0 Å². The number of rotatable bonds is 5. The van der Waals surface area contributed by atoms with E-state index in [9.17, 15) is 36.2 Å². The second-order valence-corrected chi connectivity index (χ2v) is 8.98. The van der Waals surface area contributed by atoms with Crippen LogP contribution in [0.1, 0.15) is 44.7 Å². The molecule has 1 fully saturated rings. The summed E-state index contributed by atoms with van der Waals surface area (Å²) in [6, 6.07) is 3.45. The monoisotopic (exact) mass is 485 g/mol. The first-order valence-corrected chi connectivity index (χ1v) is 10.4. The van der Waals surface area contributed by atoms with E-state index in [4.69, 9.17) is 4.74 Å². The predicted molar refractivity (Wildman–Crippen MR) is 108 cm³/mol. The van der Waals surface area contributed by atoms with E-state index < -0.39 is 35.2 Å². The summed E-state index contributed by atoms with van der Waals surface area (Å²) in [6.07, 6.45) is -11.1. The third-order valence-electron chi connectivity index (χ3n) is 5.35. The molecule has 2 rings (SSSR count). The Morgan fingerprint density at radius 2 is 1.55 bits per heavy atom. The number of halogens is 6. The molecule has 1 aliphatic rings. The highest BCUT2D eigenvalue weighted by atomic mass is 19.4. The number of nitrogens with one attached hydrogen (secondary N) is 1. The van der Waals surface area contributed by atoms with Crippen molar-refractivity contribution in [2.75, 3.05) is 20.1 Å². The summed E-state index contributed by atoms with van der Waals surface area (Å²) >= 11 is 0. The SMILES string of the molecule is CNN(C(=O)OC(C)(C)C)C1CCN(Cc2ccc(C(O)(C(F)(F)F)C(F)(F)F)cc2)CC1. The third-order valence-corrected chi connectivity index (χ3v) is 5.35. The van der Waals surface area contributed by atoms with Crippen LogP contribution in [0.2, 0.25) is 0 Å². The maximum Gasteiger partial charge on any atom is 0.430 e. The zero-order chi connectivity index (χ0) is 25.2. The number of hydrogen-bond donors (Lipinski definition) is 2. The molecule has 0 atom stereocenters. The number of amides is 1. The maximum atomic E-state index is 13.0. The molecule has 0 unspecified atom stereocenters. The lowest BCUT2D eigenvalue weighted by Gasteiger charge is -2.38. The summed E-state index contributed by atoms with van der Waals surface area (Å²) in [5.41, 5.74) is -3.53. The molecule has 1 heterocycles. The van der Waals surface area contributed by atoms with Crippen LogP contribution >= 0.6 is 0 Å². The molecule has 188 valence electrons. The second kappa shape index (κ2) is 9.67. The summed E-state index contributed by atoms with van der Waals surface area (Å²) in [4.78, 5) is 14.3. The minimum absolute atomic E-state index is 0.128. The van der Waals surface area contributed by atoms with Crippen molar-refractivity contribution in [1.82, 2.24) is 15.3 Å². The number of hydrazine groups is 1. The topological polar surface area (TPSA) is 65.0 Å². The molecule has 0 aromatic heterocycles. The van der Waals surface area contributed by atoms with Gasteiger partial charge in [-0.1, -0.05) is 24.3 Å². The van der Waals surface area contributed by atoms with Gasteiger partial charge in [0.15, 0.2) is 0 Å². The number of likely N-dealkylation sites (tertiary alicyclic amines) is 1. The smallest absolute Gasteiger partial charge is 0.430 e. The van der Waals surface area contributed by atoms with Gasteiger partial charge in [0.25, 0.3) is 5.60 Å². The van der Waals surface area contributed by atoms with E-state index in [0.717, 1.165) is 12.1 Å². The quantitative estimate of drug-likeness (QED) is 0.480. The first-order valence-electron chi connectivity index (χ1n) is 10.4. The van der Waals surface area contributed by atoms with Crippen LogP contribution < -0.4 is 5.43 Å². The molecule has 12 heteroatoms. The van der Waals surface area contributed by atoms with Crippen LogP contribution in [0.15, 0.2) is 24.3 Å². The third kappa shape index (κ3) is 6.30. The summed E-state index contributed by atoms with van der Waals surface area (Å²) in [5.74, 6) is 0. The molecule has 33 heavy (non-hydrogen) atoms. The van der Waals surface area contributed by atoms with Gasteiger partial charge in [0.1, 0.15) is 5.60 Å². The van der Waals surface area contributed by atoms with Gasteiger partial charge in [-0.3, -0.25) is 4.90 Å². The number of nitrogens with zero attached hydrogens (tertiary/aromatic N) is 2. The maximum absolute atomic E-state index is 13.0. The summed E-state index contributed by atoms with van der Waals surface area (Å²) < 4.78 is 83.5. The van der Waals surface area contributed by atoms with Gasteiger partial charge in [-0.05, 0) is 39.2 Å². The van der Waals surface area contributed by atoms with Crippen molar-refractivity contribution in [2.45, 2.75) is 69.8 Å². The lowest BCUT2D eigenvalue weighted by Crippen LogP contribution is -2.54. The van der Waals surface area contributed by atoms with E-state index in [1.165, 1.54) is 5.01 Å². The van der Waals surface area contributed by atoms with Crippen LogP contribution in [0, 0.1) is 0 Å². The van der Waals surface area contributed by atoms with Crippen molar-refractivity contribution in [1.29, 1.82) is 0 Å². The van der Waals surface area contributed by atoms with E-state index in [-0.39, 0.29) is 6.04 Å². The average molecular weight is 485 g/mol. The number of carbonyl (C=O) groups excluding carboxylic acids is 1. The molecule has 0 radical (unpaired) electrons. The molecular formula is C21H29F6N3O3. The van der Waals surface area contributed by atoms with Crippen molar-refractivity contribution in [3.63, 3.8) is 0 Å². The molecule has 2 N–H and O–H groups in total. The van der Waals surface area contributed by atoms with Gasteiger partial charge < -0.3 is 9.84 Å². The van der Waals surface area contributed by atoms with Crippen molar-refractivity contribution in [3.05, 3.63) is 35.4 Å². The van der Waals surface area contributed by atoms with Crippen LogP contribution in [0.25, 0.3) is 0 Å². The molecule has 0 aliphatic carbocycles. The summed E-state index contributed by atoms with van der Waals surface area (Å²) in [5, 5.41) is 10.9. The average Bonchev–Trinajstić information content (AvgIpc) is 2.66. The Morgan fingerprint density at radius 1 is 1.06 bits per heavy atom. The molecule has 6 nitrogen and oxygen atoms in total. The highest BCUT2D eigenvalue weighted by Crippen LogP contribution is 2.49. The number of alkyl halides is 6. The molecule has 1 saturated heterocycles. The van der Waals surface area contributed by atoms with Crippen LogP contribution in [0.5, 0.6) is 0 Å². The number of hydrogen-bond acceptors (Lipinski definition) is 5. The number of ether oxygens (including phenoxy) is 1. The van der Waals surface area contributed by atoms with Crippen LogP contribution in [-0.4, -0.2) is 65.2 Å². The van der Waals surface area contributed by atoms with Crippen molar-refractivity contribution < 1.29 is 41.0 Å². The number of benzene rings is 1. The summed E-state index contributed by atoms with van der Waals surface area (Å²) in [7, 11) is 1.61. The van der Waals surface area contributed by atoms with Crippen molar-refractivity contribution >= 4 is 6.09 Å². The van der Waals surface area contributed by atoms with Gasteiger partial charge >= 0.3 is 18.4 Å². The fraction of sp³-hybridized carbons (Fsp3) is 0.667. The van der Waals surface area contributed by atoms with E-state index in [1.54, 1.807) is 27.8 Å². The Labute approximate surface area is 188 Å². The van der Waals surface area contributed by atoms with Gasteiger partial charge in [0, 0.05) is 32.2 Å². The molecule has 0 saturated carbocycles. The Morgan fingerprint density at radius 3 is 1.94 bits per heavy atom. The largest absolute Gasteiger partial charge is 0.443 e. The Hall–Kier alpha value is -2.05. The molecule has 1 aliphatic heterocycles. The first-order chi connectivity index (χ1) is 15.0. The lowest BCUT2D eigenvalue weighted by molar-refractivity contribution is -0.376. The van der Waals surface area contributed by atoms with Gasteiger partial charge in [0.05, 0.1) is 6.04 Å². The minimum Gasteiger partial charge on any atom is -0.443 e. The number of piperidine rings is 1. The zero-order valence-corrected chi connectivity index (χ0v) is 18.8. The van der Waals surface area contributed by atoms with Gasteiger partial charge in [0.2, 0.25) is 0 Å². The Kier molecular flexibility index (Phi) is 7.97. The predicted octanol–water partition coefficient (Wildman–Crippen LogP) is 4.33. The molecule has 1 aromatic rings.